The predicted octanol–water partition coefficient (Wildman–Crippen LogP) is 2.92. The molecule has 158 valence electrons. The highest BCUT2D eigenvalue weighted by molar-refractivity contribution is 5.93. The van der Waals surface area contributed by atoms with Gasteiger partial charge < -0.3 is 25.6 Å². The number of aliphatic carboxylic acids is 1. The standard InChI is InChI=1S/C22H30N2O5/c25-18-9-6-5-8-17(18)24-21(26)14-23-13-16-15(19-11-12-20(16)29-19)7-3-1-2-4-10-22(27)28/h1,3,5-6,8-9,15-16,19-20,23,25H,2,4,7,10-14H2,(H,24,26)(H,27,28)/b3-1-/t15-,16+,19-,20+/m1/s1. The van der Waals surface area contributed by atoms with Crippen LogP contribution in [-0.2, 0) is 14.3 Å². The van der Waals surface area contributed by atoms with Gasteiger partial charge in [0.2, 0.25) is 5.91 Å². The van der Waals surface area contributed by atoms with Gasteiger partial charge in [0.1, 0.15) is 5.75 Å². The van der Waals surface area contributed by atoms with Crippen LogP contribution in [0.3, 0.4) is 0 Å². The first-order chi connectivity index (χ1) is 14.0. The fourth-order valence-corrected chi connectivity index (χ4v) is 4.35. The Morgan fingerprint density at radius 1 is 1.14 bits per heavy atom. The molecule has 2 aliphatic heterocycles. The molecule has 0 unspecified atom stereocenters. The lowest BCUT2D eigenvalue weighted by Crippen LogP contribution is -2.38. The third kappa shape index (κ3) is 6.05. The van der Waals surface area contributed by atoms with E-state index in [-0.39, 0.29) is 36.8 Å². The second-order valence-corrected chi connectivity index (χ2v) is 7.81. The van der Waals surface area contributed by atoms with Gasteiger partial charge in [-0.15, -0.1) is 0 Å². The molecule has 2 bridgehead atoms. The monoisotopic (exact) mass is 402 g/mol. The highest BCUT2D eigenvalue weighted by atomic mass is 16.5. The quantitative estimate of drug-likeness (QED) is 0.258. The third-order valence-electron chi connectivity index (χ3n) is 5.77. The summed E-state index contributed by atoms with van der Waals surface area (Å²) in [6.07, 6.45) is 9.48. The molecule has 0 aromatic heterocycles. The van der Waals surface area contributed by atoms with Gasteiger partial charge in [-0.1, -0.05) is 24.3 Å². The number of hydrogen-bond acceptors (Lipinski definition) is 5. The number of phenols is 1. The fraction of sp³-hybridized carbons (Fsp3) is 0.545. The first-order valence-electron chi connectivity index (χ1n) is 10.4. The molecule has 4 atom stereocenters. The molecule has 2 fully saturated rings. The van der Waals surface area contributed by atoms with Crippen molar-refractivity contribution in [1.29, 1.82) is 0 Å². The molecule has 7 nitrogen and oxygen atoms in total. The third-order valence-corrected chi connectivity index (χ3v) is 5.77. The van der Waals surface area contributed by atoms with Crippen LogP contribution < -0.4 is 10.6 Å². The van der Waals surface area contributed by atoms with Gasteiger partial charge in [0.15, 0.2) is 0 Å². The number of para-hydroxylation sites is 2. The predicted molar refractivity (Wildman–Crippen MR) is 110 cm³/mol. The number of carbonyl (C=O) groups is 2. The molecule has 0 spiro atoms. The Kier molecular flexibility index (Phi) is 7.66. The minimum absolute atomic E-state index is 0.0533. The zero-order chi connectivity index (χ0) is 20.6. The summed E-state index contributed by atoms with van der Waals surface area (Å²) in [6.45, 7) is 0.896. The summed E-state index contributed by atoms with van der Waals surface area (Å²) in [5.74, 6) is -0.0888. The van der Waals surface area contributed by atoms with Gasteiger partial charge in [-0.25, -0.2) is 0 Å². The van der Waals surface area contributed by atoms with Crippen molar-refractivity contribution >= 4 is 17.6 Å². The van der Waals surface area contributed by atoms with E-state index in [4.69, 9.17) is 9.84 Å². The molecule has 29 heavy (non-hydrogen) atoms. The molecule has 0 radical (unpaired) electrons. The maximum atomic E-state index is 12.1. The topological polar surface area (TPSA) is 108 Å². The number of rotatable bonds is 11. The Hall–Kier alpha value is -2.38. The number of carboxylic acid groups (broad SMARTS) is 1. The molecule has 3 rings (SSSR count). The Labute approximate surface area is 171 Å². The van der Waals surface area contributed by atoms with Crippen molar-refractivity contribution < 1.29 is 24.5 Å². The van der Waals surface area contributed by atoms with Crippen LogP contribution in [-0.4, -0.2) is 47.4 Å². The van der Waals surface area contributed by atoms with Gasteiger partial charge in [-0.05, 0) is 50.2 Å². The molecular weight excluding hydrogens is 372 g/mol. The number of anilines is 1. The molecule has 4 N–H and O–H groups in total. The zero-order valence-corrected chi connectivity index (χ0v) is 16.5. The number of carboxylic acids is 1. The molecule has 7 heteroatoms. The summed E-state index contributed by atoms with van der Waals surface area (Å²) >= 11 is 0. The van der Waals surface area contributed by atoms with Crippen LogP contribution in [0.4, 0.5) is 5.69 Å². The van der Waals surface area contributed by atoms with Crippen LogP contribution in [0.2, 0.25) is 0 Å². The minimum Gasteiger partial charge on any atom is -0.506 e. The van der Waals surface area contributed by atoms with E-state index >= 15 is 0 Å². The maximum absolute atomic E-state index is 12.1. The number of fused-ring (bicyclic) bond motifs is 2. The highest BCUT2D eigenvalue weighted by Gasteiger charge is 2.47. The lowest BCUT2D eigenvalue weighted by molar-refractivity contribution is -0.137. The molecule has 2 heterocycles. The van der Waals surface area contributed by atoms with E-state index in [1.807, 2.05) is 0 Å². The Morgan fingerprint density at radius 3 is 2.66 bits per heavy atom. The molecule has 1 aromatic rings. The number of phenolic OH excluding ortho intramolecular Hbond substituents is 1. The number of hydrogen-bond donors (Lipinski definition) is 4. The van der Waals surface area contributed by atoms with Crippen molar-refractivity contribution in [1.82, 2.24) is 5.32 Å². The smallest absolute Gasteiger partial charge is 0.303 e. The Morgan fingerprint density at radius 2 is 1.90 bits per heavy atom. The Balaban J connectivity index is 1.41. The van der Waals surface area contributed by atoms with Crippen molar-refractivity contribution in [2.45, 2.75) is 50.7 Å². The summed E-state index contributed by atoms with van der Waals surface area (Å²) < 4.78 is 6.09. The van der Waals surface area contributed by atoms with Gasteiger partial charge in [0.25, 0.3) is 0 Å². The van der Waals surface area contributed by atoms with Crippen LogP contribution in [0, 0.1) is 11.8 Å². The van der Waals surface area contributed by atoms with Crippen molar-refractivity contribution in [3.63, 3.8) is 0 Å². The summed E-state index contributed by atoms with van der Waals surface area (Å²) in [5, 5.41) is 24.4. The van der Waals surface area contributed by atoms with E-state index in [2.05, 4.69) is 22.8 Å². The van der Waals surface area contributed by atoms with Crippen LogP contribution in [0.1, 0.15) is 38.5 Å². The molecule has 1 aromatic carbocycles. The van der Waals surface area contributed by atoms with Crippen molar-refractivity contribution in [2.75, 3.05) is 18.4 Å². The molecule has 1 amide bonds. The van der Waals surface area contributed by atoms with E-state index in [1.165, 1.54) is 6.07 Å². The number of amides is 1. The van der Waals surface area contributed by atoms with E-state index < -0.39 is 5.97 Å². The molecule has 0 aliphatic carbocycles. The number of aromatic hydroxyl groups is 1. The number of allylic oxidation sites excluding steroid dienone is 2. The van der Waals surface area contributed by atoms with E-state index in [9.17, 15) is 14.7 Å². The fourth-order valence-electron chi connectivity index (χ4n) is 4.35. The summed E-state index contributed by atoms with van der Waals surface area (Å²) in [7, 11) is 0. The highest BCUT2D eigenvalue weighted by Crippen LogP contribution is 2.44. The second-order valence-electron chi connectivity index (χ2n) is 7.81. The zero-order valence-electron chi connectivity index (χ0n) is 16.5. The molecule has 2 saturated heterocycles. The van der Waals surface area contributed by atoms with Gasteiger partial charge in [-0.2, -0.15) is 0 Å². The summed E-state index contributed by atoms with van der Waals surface area (Å²) in [6, 6.07) is 6.67. The number of unbranched alkanes of at least 4 members (excludes halogenated alkanes) is 1. The van der Waals surface area contributed by atoms with Crippen molar-refractivity contribution in [3.05, 3.63) is 36.4 Å². The van der Waals surface area contributed by atoms with Gasteiger partial charge in [0, 0.05) is 18.9 Å². The van der Waals surface area contributed by atoms with E-state index in [0.29, 0.717) is 30.5 Å². The molecule has 0 saturated carbocycles. The van der Waals surface area contributed by atoms with Gasteiger partial charge in [-0.3, -0.25) is 9.59 Å². The molecule has 2 aliphatic rings. The second kappa shape index (κ2) is 10.4. The van der Waals surface area contributed by atoms with Gasteiger partial charge in [0.05, 0.1) is 24.4 Å². The lowest BCUT2D eigenvalue weighted by Gasteiger charge is -2.27. The SMILES string of the molecule is O=C(O)CCC/C=C\C[C@@H]1[C@H](CNCC(=O)Nc2ccccc2O)[C@@H]2CC[C@H]1O2. The van der Waals surface area contributed by atoms with Crippen LogP contribution in [0.15, 0.2) is 36.4 Å². The number of benzene rings is 1. The van der Waals surface area contributed by atoms with Crippen molar-refractivity contribution in [3.8, 4) is 5.75 Å². The first-order valence-corrected chi connectivity index (χ1v) is 10.4. The first kappa shape index (κ1) is 21.3. The van der Waals surface area contributed by atoms with Gasteiger partial charge >= 0.3 is 5.97 Å². The largest absolute Gasteiger partial charge is 0.506 e. The van der Waals surface area contributed by atoms with E-state index in [1.54, 1.807) is 18.2 Å². The Bertz CT molecular complexity index is 736. The number of ether oxygens (including phenoxy) is 1. The number of nitrogens with one attached hydrogen (secondary N) is 2. The summed E-state index contributed by atoms with van der Waals surface area (Å²) in [4.78, 5) is 22.7. The maximum Gasteiger partial charge on any atom is 0.303 e. The number of carbonyl (C=O) groups excluding carboxylic acids is 1. The minimum atomic E-state index is -0.752. The van der Waals surface area contributed by atoms with E-state index in [0.717, 1.165) is 25.7 Å². The lowest BCUT2D eigenvalue weighted by atomic mass is 9.77. The van der Waals surface area contributed by atoms with Crippen LogP contribution in [0.25, 0.3) is 0 Å². The average molecular weight is 402 g/mol. The summed E-state index contributed by atoms with van der Waals surface area (Å²) in [5.41, 5.74) is 0.411. The van der Waals surface area contributed by atoms with Crippen molar-refractivity contribution in [2.24, 2.45) is 11.8 Å². The normalized spacial score (nSPS) is 25.5. The van der Waals surface area contributed by atoms with Crippen LogP contribution in [0.5, 0.6) is 5.75 Å². The average Bonchev–Trinajstić information content (AvgIpc) is 3.28. The van der Waals surface area contributed by atoms with Crippen LogP contribution >= 0.6 is 0 Å². The molecular formula is C22H30N2O5.